The summed E-state index contributed by atoms with van der Waals surface area (Å²) in [7, 11) is -7.02. The molecule has 0 radical (unpaired) electrons. The summed E-state index contributed by atoms with van der Waals surface area (Å²) >= 11 is 0. The molecule has 11 heteroatoms. The van der Waals surface area contributed by atoms with E-state index >= 15 is 0 Å². The Morgan fingerprint density at radius 3 is 2.48 bits per heavy atom. The molecule has 2 aliphatic rings. The smallest absolute Gasteiger partial charge is 0.243 e. The molecule has 228 valence electrons. The van der Waals surface area contributed by atoms with Crippen LogP contribution in [0, 0.1) is 0 Å². The molecule has 0 aromatic heterocycles. The molecular weight excluding hydrogens is 576 g/mol. The zero-order valence-electron chi connectivity index (χ0n) is 24.1. The number of piperidine rings is 1. The maximum atomic E-state index is 13.4. The number of sulfonamides is 1. The van der Waals surface area contributed by atoms with Gasteiger partial charge in [-0.2, -0.15) is 4.31 Å². The van der Waals surface area contributed by atoms with E-state index in [-0.39, 0.29) is 29.7 Å². The van der Waals surface area contributed by atoms with Gasteiger partial charge in [-0.3, -0.25) is 0 Å². The Balaban J connectivity index is 1.09. The van der Waals surface area contributed by atoms with Gasteiger partial charge >= 0.3 is 0 Å². The molecule has 42 heavy (non-hydrogen) atoms. The lowest BCUT2D eigenvalue weighted by Gasteiger charge is -2.38. The summed E-state index contributed by atoms with van der Waals surface area (Å²) in [6, 6.07) is 19.4. The number of ether oxygens (including phenoxy) is 2. The summed E-state index contributed by atoms with van der Waals surface area (Å²) in [5, 5.41) is 15.3. The van der Waals surface area contributed by atoms with Crippen LogP contribution in [0.25, 0.3) is 10.8 Å². The van der Waals surface area contributed by atoms with E-state index in [0.717, 1.165) is 17.2 Å². The van der Waals surface area contributed by atoms with E-state index < -0.39 is 31.2 Å². The summed E-state index contributed by atoms with van der Waals surface area (Å²) in [5.74, 6) is 0.395. The van der Waals surface area contributed by atoms with E-state index in [0.29, 0.717) is 49.6 Å². The van der Waals surface area contributed by atoms with Crippen LogP contribution in [0.2, 0.25) is 0 Å². The fourth-order valence-electron chi connectivity index (χ4n) is 5.68. The van der Waals surface area contributed by atoms with Gasteiger partial charge < -0.3 is 19.9 Å². The third-order valence-corrected chi connectivity index (χ3v) is 12.7. The second kappa shape index (κ2) is 12.6. The van der Waals surface area contributed by atoms with Gasteiger partial charge in [0, 0.05) is 25.7 Å². The van der Waals surface area contributed by atoms with Gasteiger partial charge in [-0.1, -0.05) is 43.3 Å². The first-order chi connectivity index (χ1) is 20.0. The van der Waals surface area contributed by atoms with Gasteiger partial charge in [0.1, 0.15) is 18.5 Å². The number of aliphatic hydroxyl groups excluding tert-OH is 1. The molecule has 5 rings (SSSR count). The molecule has 2 unspecified atom stereocenters. The van der Waals surface area contributed by atoms with Crippen LogP contribution >= 0.6 is 0 Å². The summed E-state index contributed by atoms with van der Waals surface area (Å²) in [6.45, 7) is 5.10. The molecule has 3 atom stereocenters. The standard InChI is InChI=1S/C31H40N2O7S2/c1-3-23(2)41(35,36)29-10-6-9-28(18-29)39-22-27(34)20-32-26-19-31(40-21-26)13-15-33(16-14-31)42(37,38)30-12-11-24-7-4-5-8-25(24)17-30/h4-12,17-18,23,26-27,32,34H,3,13-16,19-22H2,1-2H3/t23?,26?,27-/m0/s1. The van der Waals surface area contributed by atoms with Crippen molar-refractivity contribution >= 4 is 30.6 Å². The molecule has 1 spiro atoms. The summed E-state index contributed by atoms with van der Waals surface area (Å²) in [4.78, 5) is 0.524. The maximum Gasteiger partial charge on any atom is 0.243 e. The predicted octanol–water partition coefficient (Wildman–Crippen LogP) is 3.75. The van der Waals surface area contributed by atoms with Gasteiger partial charge in [0.25, 0.3) is 0 Å². The molecule has 9 nitrogen and oxygen atoms in total. The van der Waals surface area contributed by atoms with Crippen molar-refractivity contribution in [2.24, 2.45) is 0 Å². The first-order valence-electron chi connectivity index (χ1n) is 14.5. The average Bonchev–Trinajstić information content (AvgIpc) is 3.40. The van der Waals surface area contributed by atoms with Crippen LogP contribution in [0.5, 0.6) is 5.75 Å². The minimum Gasteiger partial charge on any atom is -0.491 e. The van der Waals surface area contributed by atoms with Crippen LogP contribution < -0.4 is 10.1 Å². The first kappa shape index (κ1) is 30.9. The Kier molecular flexibility index (Phi) is 9.27. The summed E-state index contributed by atoms with van der Waals surface area (Å²) in [5.41, 5.74) is -0.379. The number of hydrogen-bond donors (Lipinski definition) is 2. The van der Waals surface area contributed by atoms with Crippen LogP contribution in [-0.2, 0) is 24.6 Å². The molecule has 3 aromatic carbocycles. The first-order valence-corrected chi connectivity index (χ1v) is 17.5. The van der Waals surface area contributed by atoms with Gasteiger partial charge in [0.15, 0.2) is 9.84 Å². The molecule has 2 aliphatic heterocycles. The van der Waals surface area contributed by atoms with Gasteiger partial charge in [0.05, 0.1) is 27.2 Å². The summed E-state index contributed by atoms with van der Waals surface area (Å²) in [6.07, 6.45) is 1.68. The topological polar surface area (TPSA) is 122 Å². The number of hydrogen-bond acceptors (Lipinski definition) is 8. The van der Waals surface area contributed by atoms with Crippen LogP contribution in [-0.4, -0.2) is 82.1 Å². The Labute approximate surface area is 248 Å². The Hall–Kier alpha value is -2.54. The molecule has 0 amide bonds. The number of nitrogens with one attached hydrogen (secondary N) is 1. The van der Waals surface area contributed by atoms with Crippen molar-refractivity contribution in [1.29, 1.82) is 0 Å². The third kappa shape index (κ3) is 6.66. The van der Waals surface area contributed by atoms with Crippen molar-refractivity contribution in [2.75, 3.05) is 32.8 Å². The van der Waals surface area contributed by atoms with E-state index in [9.17, 15) is 21.9 Å². The van der Waals surface area contributed by atoms with Crippen molar-refractivity contribution < 1.29 is 31.4 Å². The van der Waals surface area contributed by atoms with E-state index in [2.05, 4.69) is 5.32 Å². The van der Waals surface area contributed by atoms with Gasteiger partial charge in [-0.15, -0.1) is 0 Å². The fraction of sp³-hybridized carbons (Fsp3) is 0.484. The number of aliphatic hydroxyl groups is 1. The van der Waals surface area contributed by atoms with E-state index in [1.54, 1.807) is 41.6 Å². The van der Waals surface area contributed by atoms with Crippen molar-refractivity contribution in [3.63, 3.8) is 0 Å². The lowest BCUT2D eigenvalue weighted by Crippen LogP contribution is -2.47. The molecular formula is C31H40N2O7S2. The van der Waals surface area contributed by atoms with Crippen LogP contribution in [0.15, 0.2) is 76.5 Å². The number of sulfone groups is 1. The monoisotopic (exact) mass is 616 g/mol. The number of nitrogens with zero attached hydrogens (tertiary/aromatic N) is 1. The molecule has 3 aromatic rings. The second-order valence-corrected chi connectivity index (χ2v) is 15.7. The van der Waals surface area contributed by atoms with Gasteiger partial charge in [-0.25, -0.2) is 16.8 Å². The molecule has 2 N–H and O–H groups in total. The molecule has 2 fully saturated rings. The third-order valence-electron chi connectivity index (χ3n) is 8.52. The Morgan fingerprint density at radius 2 is 1.74 bits per heavy atom. The number of benzene rings is 3. The highest BCUT2D eigenvalue weighted by molar-refractivity contribution is 7.92. The van der Waals surface area contributed by atoms with Crippen molar-refractivity contribution in [3.8, 4) is 5.75 Å². The van der Waals surface area contributed by atoms with Crippen molar-refractivity contribution in [2.45, 2.75) is 72.3 Å². The Morgan fingerprint density at radius 1 is 1.00 bits per heavy atom. The largest absolute Gasteiger partial charge is 0.491 e. The van der Waals surface area contributed by atoms with Crippen molar-refractivity contribution in [1.82, 2.24) is 9.62 Å². The predicted molar refractivity (Wildman–Crippen MR) is 162 cm³/mol. The van der Waals surface area contributed by atoms with Gasteiger partial charge in [0.2, 0.25) is 10.0 Å². The quantitative estimate of drug-likeness (QED) is 0.334. The molecule has 0 aliphatic carbocycles. The molecule has 2 saturated heterocycles. The lowest BCUT2D eigenvalue weighted by molar-refractivity contribution is -0.0312. The van der Waals surface area contributed by atoms with Crippen LogP contribution in [0.3, 0.4) is 0 Å². The highest BCUT2D eigenvalue weighted by atomic mass is 32.2. The van der Waals surface area contributed by atoms with E-state index in [4.69, 9.17) is 9.47 Å². The van der Waals surface area contributed by atoms with Crippen molar-refractivity contribution in [3.05, 3.63) is 66.7 Å². The lowest BCUT2D eigenvalue weighted by atomic mass is 9.88. The zero-order valence-corrected chi connectivity index (χ0v) is 25.7. The minimum atomic E-state index is -3.60. The average molecular weight is 617 g/mol. The fourth-order valence-corrected chi connectivity index (χ4v) is 8.61. The molecule has 2 heterocycles. The highest BCUT2D eigenvalue weighted by Gasteiger charge is 2.44. The number of rotatable bonds is 11. The van der Waals surface area contributed by atoms with Gasteiger partial charge in [-0.05, 0) is 73.7 Å². The molecule has 0 bridgehead atoms. The van der Waals surface area contributed by atoms with E-state index in [1.807, 2.05) is 37.3 Å². The number of fused-ring (bicyclic) bond motifs is 1. The minimum absolute atomic E-state index is 0.0140. The van der Waals surface area contributed by atoms with Crippen LogP contribution in [0.4, 0.5) is 0 Å². The second-order valence-electron chi connectivity index (χ2n) is 11.4. The molecule has 0 saturated carbocycles. The van der Waals surface area contributed by atoms with Crippen LogP contribution in [0.1, 0.15) is 39.5 Å². The normalized spacial score (nSPS) is 21.0. The van der Waals surface area contributed by atoms with E-state index in [1.165, 1.54) is 6.07 Å². The highest BCUT2D eigenvalue weighted by Crippen LogP contribution is 2.37. The SMILES string of the molecule is CCC(C)S(=O)(=O)c1cccc(OC[C@@H](O)CNC2COC3(CCN(S(=O)(=O)c4ccc5ccccc5c4)CC3)C2)c1. The maximum absolute atomic E-state index is 13.4. The Bertz CT molecular complexity index is 1600. The summed E-state index contributed by atoms with van der Waals surface area (Å²) < 4.78 is 65.5. The zero-order chi connectivity index (χ0) is 30.0.